The molecule has 0 bridgehead atoms. The molecule has 0 aliphatic heterocycles. The number of aryl methyl sites for hydroxylation is 2. The number of nitrogens with one attached hydrogen (secondary N) is 1. The van der Waals surface area contributed by atoms with Gasteiger partial charge in [-0.15, -0.1) is 0 Å². The highest BCUT2D eigenvalue weighted by Gasteiger charge is 2.09. The highest BCUT2D eigenvalue weighted by Crippen LogP contribution is 2.12. The maximum Gasteiger partial charge on any atom is 0.173 e. The standard InChI is InChI=1S/C19H24N6S/c1-4-24-10-9-17(22-24)13-23(3)19(26)21-18-11-20-25(14-18)12-16-8-6-5-7-15(16)2/h5-11,14H,4,12-13H2,1-3H3,(H,21,26). The first-order valence-electron chi connectivity index (χ1n) is 8.66. The van der Waals surface area contributed by atoms with Crippen molar-refractivity contribution in [2.24, 2.45) is 0 Å². The van der Waals surface area contributed by atoms with Gasteiger partial charge in [0.25, 0.3) is 0 Å². The summed E-state index contributed by atoms with van der Waals surface area (Å²) < 4.78 is 3.82. The molecule has 0 aliphatic rings. The van der Waals surface area contributed by atoms with Gasteiger partial charge in [0.2, 0.25) is 0 Å². The first-order chi connectivity index (χ1) is 12.5. The van der Waals surface area contributed by atoms with Crippen LogP contribution >= 0.6 is 12.2 Å². The Morgan fingerprint density at radius 3 is 2.77 bits per heavy atom. The zero-order valence-corrected chi connectivity index (χ0v) is 16.2. The quantitative estimate of drug-likeness (QED) is 0.677. The van der Waals surface area contributed by atoms with E-state index in [1.165, 1.54) is 11.1 Å². The summed E-state index contributed by atoms with van der Waals surface area (Å²) in [5.41, 5.74) is 4.40. The molecular weight excluding hydrogens is 344 g/mol. The second-order valence-corrected chi connectivity index (χ2v) is 6.69. The molecule has 3 aromatic rings. The van der Waals surface area contributed by atoms with Gasteiger partial charge in [-0.05, 0) is 43.3 Å². The molecule has 0 amide bonds. The van der Waals surface area contributed by atoms with Crippen LogP contribution in [0.3, 0.4) is 0 Å². The molecule has 6 nitrogen and oxygen atoms in total. The van der Waals surface area contributed by atoms with Gasteiger partial charge in [-0.1, -0.05) is 24.3 Å². The van der Waals surface area contributed by atoms with Crippen molar-refractivity contribution in [3.63, 3.8) is 0 Å². The van der Waals surface area contributed by atoms with Crippen LogP contribution in [0.1, 0.15) is 23.7 Å². The van der Waals surface area contributed by atoms with E-state index in [9.17, 15) is 0 Å². The third-order valence-electron chi connectivity index (χ3n) is 4.24. The van der Waals surface area contributed by atoms with E-state index in [0.717, 1.165) is 24.5 Å². The van der Waals surface area contributed by atoms with E-state index in [4.69, 9.17) is 12.2 Å². The fourth-order valence-electron chi connectivity index (χ4n) is 2.67. The molecule has 0 atom stereocenters. The van der Waals surface area contributed by atoms with Crippen LogP contribution in [-0.2, 0) is 19.6 Å². The highest BCUT2D eigenvalue weighted by molar-refractivity contribution is 7.80. The molecule has 0 radical (unpaired) electrons. The Morgan fingerprint density at radius 2 is 2.04 bits per heavy atom. The van der Waals surface area contributed by atoms with Crippen LogP contribution in [0.5, 0.6) is 0 Å². The zero-order chi connectivity index (χ0) is 18.5. The van der Waals surface area contributed by atoms with Crippen molar-refractivity contribution in [3.8, 4) is 0 Å². The van der Waals surface area contributed by atoms with E-state index in [1.807, 2.05) is 45.8 Å². The van der Waals surface area contributed by atoms with Crippen LogP contribution in [0, 0.1) is 6.92 Å². The molecule has 26 heavy (non-hydrogen) atoms. The minimum atomic E-state index is 0.645. The SMILES string of the molecule is CCn1ccc(CN(C)C(=S)Nc2cnn(Cc3ccccc3C)c2)n1. The minimum Gasteiger partial charge on any atom is -0.346 e. The largest absolute Gasteiger partial charge is 0.346 e. The van der Waals surface area contributed by atoms with Crippen LogP contribution in [0.2, 0.25) is 0 Å². The topological polar surface area (TPSA) is 50.9 Å². The van der Waals surface area contributed by atoms with Gasteiger partial charge in [-0.25, -0.2) is 0 Å². The van der Waals surface area contributed by atoms with Gasteiger partial charge in [0, 0.05) is 26.0 Å². The maximum atomic E-state index is 5.50. The Bertz CT molecular complexity index is 882. The van der Waals surface area contributed by atoms with E-state index in [-0.39, 0.29) is 0 Å². The molecule has 2 aromatic heterocycles. The first kappa shape index (κ1) is 18.1. The van der Waals surface area contributed by atoms with Crippen molar-refractivity contribution in [2.75, 3.05) is 12.4 Å². The number of rotatable bonds is 6. The number of benzene rings is 1. The number of thiocarbonyl (C=S) groups is 1. The lowest BCUT2D eigenvalue weighted by molar-refractivity contribution is 0.492. The second-order valence-electron chi connectivity index (χ2n) is 6.30. The van der Waals surface area contributed by atoms with Crippen LogP contribution in [-0.4, -0.2) is 36.6 Å². The lowest BCUT2D eigenvalue weighted by Crippen LogP contribution is -2.30. The highest BCUT2D eigenvalue weighted by atomic mass is 32.1. The summed E-state index contributed by atoms with van der Waals surface area (Å²) in [7, 11) is 1.96. The molecular formula is C19H24N6S. The molecule has 0 fully saturated rings. The maximum absolute atomic E-state index is 5.50. The van der Waals surface area contributed by atoms with Crippen molar-refractivity contribution in [1.82, 2.24) is 24.5 Å². The summed E-state index contributed by atoms with van der Waals surface area (Å²) in [5.74, 6) is 0. The Balaban J connectivity index is 1.57. The Hall–Kier alpha value is -2.67. The molecule has 3 rings (SSSR count). The summed E-state index contributed by atoms with van der Waals surface area (Å²) in [6, 6.07) is 10.4. The van der Waals surface area contributed by atoms with Gasteiger partial charge < -0.3 is 10.2 Å². The molecule has 1 aromatic carbocycles. The fourth-order valence-corrected chi connectivity index (χ4v) is 2.86. The van der Waals surface area contributed by atoms with E-state index in [2.05, 4.69) is 47.6 Å². The molecule has 7 heteroatoms. The predicted molar refractivity (Wildman–Crippen MR) is 108 cm³/mol. The zero-order valence-electron chi connectivity index (χ0n) is 15.4. The Kier molecular flexibility index (Phi) is 5.68. The first-order valence-corrected chi connectivity index (χ1v) is 9.07. The number of nitrogens with zero attached hydrogens (tertiary/aromatic N) is 5. The second kappa shape index (κ2) is 8.14. The van der Waals surface area contributed by atoms with Crippen molar-refractivity contribution < 1.29 is 0 Å². The summed E-state index contributed by atoms with van der Waals surface area (Å²) in [6.07, 6.45) is 5.75. The van der Waals surface area contributed by atoms with Crippen molar-refractivity contribution in [3.05, 3.63) is 65.7 Å². The normalized spacial score (nSPS) is 10.7. The van der Waals surface area contributed by atoms with Gasteiger partial charge in [-0.2, -0.15) is 10.2 Å². The number of aromatic nitrogens is 4. The smallest absolute Gasteiger partial charge is 0.173 e. The van der Waals surface area contributed by atoms with Gasteiger partial charge in [0.1, 0.15) is 0 Å². The fraction of sp³-hybridized carbons (Fsp3) is 0.316. The van der Waals surface area contributed by atoms with Gasteiger partial charge in [0.15, 0.2) is 5.11 Å². The average molecular weight is 369 g/mol. The van der Waals surface area contributed by atoms with E-state index < -0.39 is 0 Å². The predicted octanol–water partition coefficient (Wildman–Crippen LogP) is 3.29. The summed E-state index contributed by atoms with van der Waals surface area (Å²) in [4.78, 5) is 1.97. The number of anilines is 1. The van der Waals surface area contributed by atoms with E-state index in [0.29, 0.717) is 11.7 Å². The third-order valence-corrected chi connectivity index (χ3v) is 4.66. The monoisotopic (exact) mass is 368 g/mol. The average Bonchev–Trinajstić information content (AvgIpc) is 3.26. The van der Waals surface area contributed by atoms with Crippen molar-refractivity contribution >= 4 is 23.0 Å². The molecule has 1 N–H and O–H groups in total. The van der Waals surface area contributed by atoms with Crippen molar-refractivity contribution in [1.29, 1.82) is 0 Å². The molecule has 0 aliphatic carbocycles. The lowest BCUT2D eigenvalue weighted by Gasteiger charge is -2.19. The Labute approximate surface area is 159 Å². The van der Waals surface area contributed by atoms with Crippen LogP contribution in [0.4, 0.5) is 5.69 Å². The van der Waals surface area contributed by atoms with Crippen LogP contribution in [0.25, 0.3) is 0 Å². The summed E-state index contributed by atoms with van der Waals surface area (Å²) in [6.45, 7) is 6.46. The van der Waals surface area contributed by atoms with Crippen LogP contribution in [0.15, 0.2) is 48.9 Å². The van der Waals surface area contributed by atoms with E-state index in [1.54, 1.807) is 6.20 Å². The van der Waals surface area contributed by atoms with Gasteiger partial charge in [-0.3, -0.25) is 9.36 Å². The summed E-state index contributed by atoms with van der Waals surface area (Å²) in [5, 5.41) is 12.8. The molecule has 0 saturated heterocycles. The third kappa shape index (κ3) is 4.49. The van der Waals surface area contributed by atoms with E-state index >= 15 is 0 Å². The molecule has 2 heterocycles. The van der Waals surface area contributed by atoms with Crippen LogP contribution < -0.4 is 5.32 Å². The number of hydrogen-bond donors (Lipinski definition) is 1. The number of hydrogen-bond acceptors (Lipinski definition) is 3. The lowest BCUT2D eigenvalue weighted by atomic mass is 10.1. The minimum absolute atomic E-state index is 0.645. The molecule has 136 valence electrons. The Morgan fingerprint density at radius 1 is 1.23 bits per heavy atom. The molecule has 0 unspecified atom stereocenters. The molecule has 0 spiro atoms. The summed E-state index contributed by atoms with van der Waals surface area (Å²) >= 11 is 5.50. The van der Waals surface area contributed by atoms with Gasteiger partial charge >= 0.3 is 0 Å². The molecule has 0 saturated carbocycles. The van der Waals surface area contributed by atoms with Gasteiger partial charge in [0.05, 0.1) is 30.7 Å². The van der Waals surface area contributed by atoms with Crippen molar-refractivity contribution in [2.45, 2.75) is 33.5 Å².